The van der Waals surface area contributed by atoms with Crippen LogP contribution in [0.15, 0.2) is 47.8 Å². The Bertz CT molecular complexity index is 655. The molecule has 0 radical (unpaired) electrons. The second-order valence-electron chi connectivity index (χ2n) is 3.73. The number of oxime groups is 1. The molecule has 0 unspecified atom stereocenters. The molecule has 0 fully saturated rings. The molecule has 1 heterocycles. The Hall–Kier alpha value is -3.16. The second-order valence-corrected chi connectivity index (χ2v) is 3.73. The number of ether oxygens (including phenoxy) is 1. The van der Waals surface area contributed by atoms with E-state index in [0.717, 1.165) is 0 Å². The molecule has 102 valence electrons. The van der Waals surface area contributed by atoms with Crippen LogP contribution in [0.4, 0.5) is 5.69 Å². The molecule has 2 rings (SSSR count). The van der Waals surface area contributed by atoms with E-state index in [4.69, 9.17) is 15.7 Å². The number of hydrogen-bond acceptors (Lipinski definition) is 6. The minimum atomic E-state index is -0.512. The zero-order chi connectivity index (χ0) is 14.5. The quantitative estimate of drug-likeness (QED) is 0.288. The van der Waals surface area contributed by atoms with Crippen LogP contribution in [-0.2, 0) is 0 Å². The number of amidine groups is 1. The SMILES string of the molecule is N/C(=N\O)c1ccc(Oc2cccc([N+](=O)[O-])c2)nc1. The molecular formula is C12H10N4O4. The summed E-state index contributed by atoms with van der Waals surface area (Å²) < 4.78 is 5.38. The van der Waals surface area contributed by atoms with Crippen LogP contribution < -0.4 is 10.5 Å². The first-order valence-corrected chi connectivity index (χ1v) is 5.46. The summed E-state index contributed by atoms with van der Waals surface area (Å²) in [5.74, 6) is 0.461. The maximum absolute atomic E-state index is 10.6. The molecule has 1 aromatic carbocycles. The van der Waals surface area contributed by atoms with Gasteiger partial charge in [0.25, 0.3) is 5.69 Å². The number of rotatable bonds is 4. The highest BCUT2D eigenvalue weighted by atomic mass is 16.6. The molecule has 0 spiro atoms. The number of nitro benzene ring substituents is 1. The summed E-state index contributed by atoms with van der Waals surface area (Å²) in [6.07, 6.45) is 1.36. The zero-order valence-electron chi connectivity index (χ0n) is 10.1. The standard InChI is InChI=1S/C12H10N4O4/c13-12(15-17)8-4-5-11(14-7-8)20-10-3-1-2-9(6-10)16(18)19/h1-7,17H,(H2,13,15). The predicted octanol–water partition coefficient (Wildman–Crippen LogP) is 1.88. The van der Waals surface area contributed by atoms with Crippen molar-refractivity contribution in [1.82, 2.24) is 4.98 Å². The van der Waals surface area contributed by atoms with Gasteiger partial charge in [0, 0.05) is 23.9 Å². The van der Waals surface area contributed by atoms with E-state index in [1.54, 1.807) is 12.1 Å². The average Bonchev–Trinajstić information content (AvgIpc) is 2.47. The lowest BCUT2D eigenvalue weighted by Crippen LogP contribution is -2.13. The number of hydrogen-bond donors (Lipinski definition) is 2. The Morgan fingerprint density at radius 1 is 1.40 bits per heavy atom. The van der Waals surface area contributed by atoms with Crippen LogP contribution in [0.1, 0.15) is 5.56 Å². The van der Waals surface area contributed by atoms with Gasteiger partial charge < -0.3 is 15.7 Å². The van der Waals surface area contributed by atoms with Crippen molar-refractivity contribution in [3.05, 3.63) is 58.3 Å². The van der Waals surface area contributed by atoms with Crippen molar-refractivity contribution >= 4 is 11.5 Å². The van der Waals surface area contributed by atoms with Gasteiger partial charge in [-0.05, 0) is 12.1 Å². The largest absolute Gasteiger partial charge is 0.439 e. The third-order valence-electron chi connectivity index (χ3n) is 2.39. The molecule has 3 N–H and O–H groups in total. The fourth-order valence-electron chi connectivity index (χ4n) is 1.43. The molecule has 0 saturated heterocycles. The van der Waals surface area contributed by atoms with Gasteiger partial charge in [0.15, 0.2) is 5.84 Å². The van der Waals surface area contributed by atoms with Crippen molar-refractivity contribution in [3.63, 3.8) is 0 Å². The maximum Gasteiger partial charge on any atom is 0.273 e. The average molecular weight is 274 g/mol. The van der Waals surface area contributed by atoms with E-state index in [1.807, 2.05) is 0 Å². The van der Waals surface area contributed by atoms with Crippen LogP contribution >= 0.6 is 0 Å². The Morgan fingerprint density at radius 2 is 2.20 bits per heavy atom. The normalized spacial score (nSPS) is 11.1. The fraction of sp³-hybridized carbons (Fsp3) is 0. The van der Waals surface area contributed by atoms with E-state index in [1.165, 1.54) is 30.5 Å². The first-order valence-electron chi connectivity index (χ1n) is 5.46. The monoisotopic (exact) mass is 274 g/mol. The Labute approximate surface area is 113 Å². The fourth-order valence-corrected chi connectivity index (χ4v) is 1.43. The van der Waals surface area contributed by atoms with Crippen LogP contribution in [-0.4, -0.2) is 21.0 Å². The minimum Gasteiger partial charge on any atom is -0.439 e. The van der Waals surface area contributed by atoms with Gasteiger partial charge in [-0.25, -0.2) is 4.98 Å². The smallest absolute Gasteiger partial charge is 0.273 e. The number of aromatic nitrogens is 1. The maximum atomic E-state index is 10.6. The molecule has 20 heavy (non-hydrogen) atoms. The van der Waals surface area contributed by atoms with E-state index in [-0.39, 0.29) is 17.4 Å². The lowest BCUT2D eigenvalue weighted by atomic mass is 10.2. The van der Waals surface area contributed by atoms with E-state index in [0.29, 0.717) is 11.3 Å². The van der Waals surface area contributed by atoms with Crippen LogP contribution in [0.5, 0.6) is 11.6 Å². The molecule has 0 bridgehead atoms. The second kappa shape index (κ2) is 5.65. The van der Waals surface area contributed by atoms with Crippen molar-refractivity contribution in [2.75, 3.05) is 0 Å². The topological polar surface area (TPSA) is 124 Å². The summed E-state index contributed by atoms with van der Waals surface area (Å²) in [6, 6.07) is 8.80. The summed E-state index contributed by atoms with van der Waals surface area (Å²) in [6.45, 7) is 0. The van der Waals surface area contributed by atoms with Gasteiger partial charge >= 0.3 is 0 Å². The van der Waals surface area contributed by atoms with E-state index >= 15 is 0 Å². The molecule has 8 nitrogen and oxygen atoms in total. The van der Waals surface area contributed by atoms with Gasteiger partial charge in [-0.15, -0.1) is 0 Å². The van der Waals surface area contributed by atoms with Crippen molar-refractivity contribution in [2.24, 2.45) is 10.9 Å². The third kappa shape index (κ3) is 2.99. The van der Waals surface area contributed by atoms with Crippen LogP contribution in [0.3, 0.4) is 0 Å². The minimum absolute atomic E-state index is 0.0700. The van der Waals surface area contributed by atoms with Gasteiger partial charge in [-0.2, -0.15) is 0 Å². The van der Waals surface area contributed by atoms with Crippen molar-refractivity contribution in [2.45, 2.75) is 0 Å². The number of pyridine rings is 1. The zero-order valence-corrected chi connectivity index (χ0v) is 10.1. The molecule has 0 aliphatic rings. The summed E-state index contributed by atoms with van der Waals surface area (Å²) >= 11 is 0. The lowest BCUT2D eigenvalue weighted by molar-refractivity contribution is -0.384. The number of nitro groups is 1. The van der Waals surface area contributed by atoms with Crippen LogP contribution in [0.25, 0.3) is 0 Å². The number of nitrogens with two attached hydrogens (primary N) is 1. The molecule has 0 amide bonds. The van der Waals surface area contributed by atoms with E-state index in [2.05, 4.69) is 10.1 Å². The van der Waals surface area contributed by atoms with E-state index < -0.39 is 4.92 Å². The molecule has 8 heteroatoms. The van der Waals surface area contributed by atoms with Crippen LogP contribution in [0, 0.1) is 10.1 Å². The molecule has 0 aliphatic carbocycles. The molecule has 0 atom stereocenters. The van der Waals surface area contributed by atoms with Gasteiger partial charge in [0.1, 0.15) is 5.75 Å². The highest BCUT2D eigenvalue weighted by Crippen LogP contribution is 2.23. The van der Waals surface area contributed by atoms with E-state index in [9.17, 15) is 10.1 Å². The summed E-state index contributed by atoms with van der Waals surface area (Å²) in [5, 5.41) is 22.0. The third-order valence-corrected chi connectivity index (χ3v) is 2.39. The van der Waals surface area contributed by atoms with Crippen LogP contribution in [0.2, 0.25) is 0 Å². The first kappa shape index (κ1) is 13.3. The molecule has 2 aromatic rings. The van der Waals surface area contributed by atoms with Crippen molar-refractivity contribution < 1.29 is 14.9 Å². The van der Waals surface area contributed by atoms with Crippen molar-refractivity contribution in [3.8, 4) is 11.6 Å². The van der Waals surface area contributed by atoms with Crippen molar-refractivity contribution in [1.29, 1.82) is 0 Å². The molecule has 0 saturated carbocycles. The summed E-state index contributed by atoms with van der Waals surface area (Å²) in [5.41, 5.74) is 5.75. The summed E-state index contributed by atoms with van der Waals surface area (Å²) in [4.78, 5) is 14.1. The summed E-state index contributed by atoms with van der Waals surface area (Å²) in [7, 11) is 0. The number of non-ortho nitro benzene ring substituents is 1. The lowest BCUT2D eigenvalue weighted by Gasteiger charge is -2.05. The Balaban J connectivity index is 2.18. The van der Waals surface area contributed by atoms with Gasteiger partial charge in [0.05, 0.1) is 11.0 Å². The Kier molecular flexibility index (Phi) is 3.75. The van der Waals surface area contributed by atoms with Gasteiger partial charge in [0.2, 0.25) is 5.88 Å². The molecule has 0 aliphatic heterocycles. The van der Waals surface area contributed by atoms with Gasteiger partial charge in [-0.3, -0.25) is 10.1 Å². The number of nitrogens with zero attached hydrogens (tertiary/aromatic N) is 3. The highest BCUT2D eigenvalue weighted by molar-refractivity contribution is 5.96. The first-order chi connectivity index (χ1) is 9.60. The van der Waals surface area contributed by atoms with Gasteiger partial charge in [-0.1, -0.05) is 11.2 Å². The predicted molar refractivity (Wildman–Crippen MR) is 69.9 cm³/mol. The Morgan fingerprint density at radius 3 is 2.80 bits per heavy atom. The molecule has 1 aromatic heterocycles. The molecular weight excluding hydrogens is 264 g/mol. The highest BCUT2D eigenvalue weighted by Gasteiger charge is 2.08. The number of benzene rings is 1.